The zero-order valence-corrected chi connectivity index (χ0v) is 11.8. The number of hydrogen-bond acceptors (Lipinski definition) is 2. The summed E-state index contributed by atoms with van der Waals surface area (Å²) in [5.74, 6) is 0. The summed E-state index contributed by atoms with van der Waals surface area (Å²) in [7, 11) is 1.97. The summed E-state index contributed by atoms with van der Waals surface area (Å²) in [6.45, 7) is 4.89. The van der Waals surface area contributed by atoms with Gasteiger partial charge in [0.1, 0.15) is 0 Å². The van der Waals surface area contributed by atoms with Crippen molar-refractivity contribution in [1.29, 1.82) is 0 Å². The van der Waals surface area contributed by atoms with Gasteiger partial charge >= 0.3 is 0 Å². The van der Waals surface area contributed by atoms with Gasteiger partial charge in [-0.2, -0.15) is 5.10 Å². The van der Waals surface area contributed by atoms with E-state index in [0.717, 1.165) is 34.9 Å². The molecule has 0 bridgehead atoms. The largest absolute Gasteiger partial charge is 0.379 e. The molecule has 0 saturated heterocycles. The van der Waals surface area contributed by atoms with Crippen molar-refractivity contribution in [3.63, 3.8) is 0 Å². The Hall–Kier alpha value is -1.48. The molecule has 1 heterocycles. The van der Waals surface area contributed by atoms with E-state index < -0.39 is 0 Å². The summed E-state index contributed by atoms with van der Waals surface area (Å²) >= 11 is 6.10. The zero-order chi connectivity index (χ0) is 13.1. The molecule has 3 nitrogen and oxygen atoms in total. The highest BCUT2D eigenvalue weighted by molar-refractivity contribution is 6.31. The molecule has 0 aliphatic rings. The molecule has 1 N–H and O–H groups in total. The molecule has 0 radical (unpaired) electrons. The summed E-state index contributed by atoms with van der Waals surface area (Å²) in [6, 6.07) is 8.03. The first kappa shape index (κ1) is 13.0. The van der Waals surface area contributed by atoms with Gasteiger partial charge in [-0.05, 0) is 37.1 Å². The van der Waals surface area contributed by atoms with Crippen LogP contribution in [0.15, 0.2) is 24.3 Å². The van der Waals surface area contributed by atoms with Gasteiger partial charge in [-0.25, -0.2) is 0 Å². The molecule has 0 atom stereocenters. The maximum Gasteiger partial charge on any atom is 0.0625 e. The number of rotatable bonds is 4. The monoisotopic (exact) mass is 263 g/mol. The van der Waals surface area contributed by atoms with Crippen molar-refractivity contribution in [1.82, 2.24) is 9.78 Å². The fourth-order valence-electron chi connectivity index (χ4n) is 1.89. The van der Waals surface area contributed by atoms with Crippen LogP contribution in [-0.2, 0) is 20.0 Å². The number of aryl methyl sites for hydroxylation is 2. The van der Waals surface area contributed by atoms with Crippen molar-refractivity contribution in [3.05, 3.63) is 46.2 Å². The third kappa shape index (κ3) is 2.67. The Morgan fingerprint density at radius 2 is 2.17 bits per heavy atom. The molecule has 0 spiro atoms. The lowest BCUT2D eigenvalue weighted by Crippen LogP contribution is -2.06. The van der Waals surface area contributed by atoms with Crippen molar-refractivity contribution < 1.29 is 0 Å². The Morgan fingerprint density at radius 1 is 1.39 bits per heavy atom. The molecule has 4 heteroatoms. The normalized spacial score (nSPS) is 10.7. The number of nitrogens with one attached hydrogen (secondary N) is 1. The lowest BCUT2D eigenvalue weighted by Gasteiger charge is -2.10. The van der Waals surface area contributed by atoms with Crippen LogP contribution in [0.5, 0.6) is 0 Å². The fraction of sp³-hybridized carbons (Fsp3) is 0.357. The average molecular weight is 264 g/mol. The van der Waals surface area contributed by atoms with E-state index in [1.54, 1.807) is 0 Å². The molecule has 0 unspecified atom stereocenters. The third-order valence-corrected chi connectivity index (χ3v) is 3.53. The summed E-state index contributed by atoms with van der Waals surface area (Å²) in [4.78, 5) is 0. The van der Waals surface area contributed by atoms with Crippen molar-refractivity contribution >= 4 is 17.3 Å². The van der Waals surface area contributed by atoms with Gasteiger partial charge in [0.15, 0.2) is 0 Å². The zero-order valence-electron chi connectivity index (χ0n) is 11.0. The Labute approximate surface area is 113 Å². The standard InChI is InChI=1S/C14H18ClN3/c1-4-11-8-12(18(3)17-11)9-16-14-7-5-6-13(15)10(14)2/h5-8,16H,4,9H2,1-3H3. The highest BCUT2D eigenvalue weighted by atomic mass is 35.5. The van der Waals surface area contributed by atoms with Crippen LogP contribution in [0.3, 0.4) is 0 Å². The number of aromatic nitrogens is 2. The van der Waals surface area contributed by atoms with E-state index in [-0.39, 0.29) is 0 Å². The fourth-order valence-corrected chi connectivity index (χ4v) is 2.07. The molecule has 1 aromatic carbocycles. The van der Waals surface area contributed by atoms with Crippen LogP contribution in [0.1, 0.15) is 23.9 Å². The number of halogens is 1. The molecule has 0 aliphatic carbocycles. The highest BCUT2D eigenvalue weighted by Gasteiger charge is 2.05. The first-order chi connectivity index (χ1) is 8.61. The minimum absolute atomic E-state index is 0.755. The van der Waals surface area contributed by atoms with Crippen LogP contribution < -0.4 is 5.32 Å². The Morgan fingerprint density at radius 3 is 2.83 bits per heavy atom. The topological polar surface area (TPSA) is 29.9 Å². The molecule has 2 aromatic rings. The lowest BCUT2D eigenvalue weighted by atomic mass is 10.2. The predicted molar refractivity (Wildman–Crippen MR) is 76.1 cm³/mol. The van der Waals surface area contributed by atoms with Crippen LogP contribution >= 0.6 is 11.6 Å². The van der Waals surface area contributed by atoms with E-state index >= 15 is 0 Å². The van der Waals surface area contributed by atoms with Gasteiger partial charge in [-0.3, -0.25) is 4.68 Å². The van der Waals surface area contributed by atoms with Crippen LogP contribution in [0, 0.1) is 6.92 Å². The van der Waals surface area contributed by atoms with E-state index in [9.17, 15) is 0 Å². The minimum atomic E-state index is 0.755. The second kappa shape index (κ2) is 5.44. The number of benzene rings is 1. The van der Waals surface area contributed by atoms with Crippen molar-refractivity contribution in [3.8, 4) is 0 Å². The van der Waals surface area contributed by atoms with Crippen LogP contribution in [0.25, 0.3) is 0 Å². The van der Waals surface area contributed by atoms with E-state index in [4.69, 9.17) is 11.6 Å². The molecule has 96 valence electrons. The summed E-state index contributed by atoms with van der Waals surface area (Å²) in [5.41, 5.74) is 4.45. The van der Waals surface area contributed by atoms with E-state index in [0.29, 0.717) is 0 Å². The number of nitrogens with zero attached hydrogens (tertiary/aromatic N) is 2. The quantitative estimate of drug-likeness (QED) is 0.914. The van der Waals surface area contributed by atoms with Crippen molar-refractivity contribution in [2.75, 3.05) is 5.32 Å². The summed E-state index contributed by atoms with van der Waals surface area (Å²) in [6.07, 6.45) is 0.962. The highest BCUT2D eigenvalue weighted by Crippen LogP contribution is 2.23. The molecule has 0 fully saturated rings. The van der Waals surface area contributed by atoms with Gasteiger partial charge in [-0.15, -0.1) is 0 Å². The average Bonchev–Trinajstić information content (AvgIpc) is 2.72. The maximum atomic E-state index is 6.10. The molecule has 0 amide bonds. The van der Waals surface area contributed by atoms with Crippen LogP contribution in [0.2, 0.25) is 5.02 Å². The van der Waals surface area contributed by atoms with Gasteiger partial charge in [0, 0.05) is 17.8 Å². The molecule has 1 aromatic heterocycles. The molecule has 2 rings (SSSR count). The van der Waals surface area contributed by atoms with Gasteiger partial charge in [-0.1, -0.05) is 24.6 Å². The summed E-state index contributed by atoms with van der Waals surface area (Å²) < 4.78 is 1.92. The third-order valence-electron chi connectivity index (χ3n) is 3.12. The summed E-state index contributed by atoms with van der Waals surface area (Å²) in [5, 5.41) is 8.63. The van der Waals surface area contributed by atoms with E-state index in [1.165, 1.54) is 5.69 Å². The molecular weight excluding hydrogens is 246 g/mol. The lowest BCUT2D eigenvalue weighted by molar-refractivity contribution is 0.707. The second-order valence-electron chi connectivity index (χ2n) is 4.37. The smallest absolute Gasteiger partial charge is 0.0625 e. The van der Waals surface area contributed by atoms with E-state index in [2.05, 4.69) is 23.4 Å². The first-order valence-electron chi connectivity index (χ1n) is 6.12. The van der Waals surface area contributed by atoms with Crippen LogP contribution in [0.4, 0.5) is 5.69 Å². The number of hydrogen-bond donors (Lipinski definition) is 1. The second-order valence-corrected chi connectivity index (χ2v) is 4.78. The molecule has 0 saturated carbocycles. The number of anilines is 1. The predicted octanol–water partition coefficient (Wildman–Crippen LogP) is 3.56. The molecule has 18 heavy (non-hydrogen) atoms. The Kier molecular flexibility index (Phi) is 3.92. The van der Waals surface area contributed by atoms with Crippen LogP contribution in [-0.4, -0.2) is 9.78 Å². The van der Waals surface area contributed by atoms with Gasteiger partial charge < -0.3 is 5.32 Å². The van der Waals surface area contributed by atoms with Crippen molar-refractivity contribution in [2.45, 2.75) is 26.8 Å². The van der Waals surface area contributed by atoms with Gasteiger partial charge in [0.05, 0.1) is 17.9 Å². The van der Waals surface area contributed by atoms with Crippen molar-refractivity contribution in [2.24, 2.45) is 7.05 Å². The molecular formula is C14H18ClN3. The molecule has 0 aliphatic heterocycles. The Bertz CT molecular complexity index is 546. The Balaban J connectivity index is 2.11. The minimum Gasteiger partial charge on any atom is -0.379 e. The SMILES string of the molecule is CCc1cc(CNc2cccc(Cl)c2C)n(C)n1. The van der Waals surface area contributed by atoms with Gasteiger partial charge in [0.2, 0.25) is 0 Å². The van der Waals surface area contributed by atoms with Gasteiger partial charge in [0.25, 0.3) is 0 Å². The maximum absolute atomic E-state index is 6.10. The first-order valence-corrected chi connectivity index (χ1v) is 6.50. The van der Waals surface area contributed by atoms with E-state index in [1.807, 2.05) is 36.9 Å².